The first-order chi connectivity index (χ1) is 9.60. The van der Waals surface area contributed by atoms with Gasteiger partial charge in [0, 0.05) is 0 Å². The van der Waals surface area contributed by atoms with Crippen LogP contribution in [0.25, 0.3) is 0 Å². The first-order valence-electron chi connectivity index (χ1n) is 5.85. The Morgan fingerprint density at radius 1 is 1.30 bits per heavy atom. The van der Waals surface area contributed by atoms with E-state index in [1.807, 2.05) is 0 Å². The molecule has 0 aliphatic rings. The molecule has 104 valence electrons. The number of rotatable bonds is 4. The van der Waals surface area contributed by atoms with Gasteiger partial charge in [0.2, 0.25) is 5.13 Å². The molecule has 20 heavy (non-hydrogen) atoms. The maximum atomic E-state index is 12.0. The van der Waals surface area contributed by atoms with E-state index in [1.165, 1.54) is 23.5 Å². The smallest absolute Gasteiger partial charge is 0.356 e. The number of hydrogen-bond acceptors (Lipinski definition) is 7. The van der Waals surface area contributed by atoms with Gasteiger partial charge in [-0.2, -0.15) is 0 Å². The molecule has 0 bridgehead atoms. The number of pyridine rings is 1. The number of carbonyl (C=O) groups is 2. The molecule has 2 rings (SSSR count). The van der Waals surface area contributed by atoms with Gasteiger partial charge in [0.05, 0.1) is 6.61 Å². The largest absolute Gasteiger partial charge is 0.461 e. The number of nitrogens with one attached hydrogen (secondary N) is 1. The maximum Gasteiger partial charge on any atom is 0.356 e. The summed E-state index contributed by atoms with van der Waals surface area (Å²) in [5.74, 6) is -1.01. The number of carbonyl (C=O) groups excluding carboxylic acids is 2. The second-order valence-electron chi connectivity index (χ2n) is 3.71. The average molecular weight is 292 g/mol. The summed E-state index contributed by atoms with van der Waals surface area (Å²) in [6.07, 6.45) is 0. The lowest BCUT2D eigenvalue weighted by atomic mass is 10.3. The molecular formula is C12H12N4O3S. The van der Waals surface area contributed by atoms with Crippen LogP contribution >= 0.6 is 11.3 Å². The molecule has 0 saturated heterocycles. The summed E-state index contributed by atoms with van der Waals surface area (Å²) in [6.45, 7) is 3.74. The Kier molecular flexibility index (Phi) is 4.36. The van der Waals surface area contributed by atoms with Crippen LogP contribution in [0.15, 0.2) is 18.2 Å². The zero-order chi connectivity index (χ0) is 14.5. The predicted octanol–water partition coefficient (Wildman–Crippen LogP) is 1.67. The summed E-state index contributed by atoms with van der Waals surface area (Å²) >= 11 is 1.26. The van der Waals surface area contributed by atoms with Crippen LogP contribution in [0.5, 0.6) is 0 Å². The highest BCUT2D eigenvalue weighted by Gasteiger charge is 2.14. The standard InChI is InChI=1S/C12H12N4O3S/c1-3-19-11(18)9-6-4-5-8(13-9)10(17)14-12-16-15-7(2)20-12/h4-6H,3H2,1-2H3,(H,14,16,17). The molecule has 0 aliphatic heterocycles. The van der Waals surface area contributed by atoms with Gasteiger partial charge in [0.1, 0.15) is 16.4 Å². The minimum absolute atomic E-state index is 0.0907. The van der Waals surface area contributed by atoms with Crippen molar-refractivity contribution in [3.63, 3.8) is 0 Å². The van der Waals surface area contributed by atoms with E-state index in [4.69, 9.17) is 4.74 Å². The topological polar surface area (TPSA) is 94.1 Å². The van der Waals surface area contributed by atoms with Crippen molar-refractivity contribution in [1.29, 1.82) is 0 Å². The molecule has 0 unspecified atom stereocenters. The van der Waals surface area contributed by atoms with Crippen LogP contribution in [0.3, 0.4) is 0 Å². The fourth-order valence-corrected chi connectivity index (χ4v) is 1.97. The van der Waals surface area contributed by atoms with E-state index >= 15 is 0 Å². The van der Waals surface area contributed by atoms with Crippen molar-refractivity contribution in [2.75, 3.05) is 11.9 Å². The number of nitrogens with zero attached hydrogens (tertiary/aromatic N) is 3. The highest BCUT2D eigenvalue weighted by Crippen LogP contribution is 2.14. The van der Waals surface area contributed by atoms with Crippen LogP contribution in [0, 0.1) is 6.92 Å². The normalized spacial score (nSPS) is 10.1. The fraction of sp³-hybridized carbons (Fsp3) is 0.250. The molecule has 1 N–H and O–H groups in total. The van der Waals surface area contributed by atoms with Gasteiger partial charge in [0.15, 0.2) is 0 Å². The number of amides is 1. The van der Waals surface area contributed by atoms with Crippen LogP contribution in [0.1, 0.15) is 32.9 Å². The lowest BCUT2D eigenvalue weighted by molar-refractivity contribution is 0.0519. The molecule has 1 amide bonds. The van der Waals surface area contributed by atoms with Gasteiger partial charge in [-0.1, -0.05) is 17.4 Å². The summed E-state index contributed by atoms with van der Waals surface area (Å²) in [4.78, 5) is 27.5. The molecule has 7 nitrogen and oxygen atoms in total. The Labute approximate surface area is 119 Å². The first kappa shape index (κ1) is 14.1. The van der Waals surface area contributed by atoms with E-state index in [0.29, 0.717) is 5.13 Å². The monoisotopic (exact) mass is 292 g/mol. The van der Waals surface area contributed by atoms with Gasteiger partial charge < -0.3 is 4.74 Å². The summed E-state index contributed by atoms with van der Waals surface area (Å²) in [5, 5.41) is 11.3. The van der Waals surface area contributed by atoms with Crippen molar-refractivity contribution >= 4 is 28.3 Å². The van der Waals surface area contributed by atoms with Crippen molar-refractivity contribution in [1.82, 2.24) is 15.2 Å². The molecule has 2 aromatic rings. The molecular weight excluding hydrogens is 280 g/mol. The lowest BCUT2D eigenvalue weighted by Gasteiger charge is -2.03. The molecule has 8 heteroatoms. The number of hydrogen-bond donors (Lipinski definition) is 1. The first-order valence-corrected chi connectivity index (χ1v) is 6.67. The molecule has 2 aromatic heterocycles. The van der Waals surface area contributed by atoms with Crippen molar-refractivity contribution in [2.45, 2.75) is 13.8 Å². The number of aromatic nitrogens is 3. The van der Waals surface area contributed by atoms with E-state index < -0.39 is 11.9 Å². The highest BCUT2D eigenvalue weighted by atomic mass is 32.1. The van der Waals surface area contributed by atoms with Gasteiger partial charge in [-0.3, -0.25) is 10.1 Å². The Bertz CT molecular complexity index is 641. The minimum atomic E-state index is -0.561. The van der Waals surface area contributed by atoms with E-state index in [0.717, 1.165) is 5.01 Å². The second kappa shape index (κ2) is 6.20. The minimum Gasteiger partial charge on any atom is -0.461 e. The van der Waals surface area contributed by atoms with E-state index in [2.05, 4.69) is 20.5 Å². The van der Waals surface area contributed by atoms with Gasteiger partial charge in [-0.25, -0.2) is 9.78 Å². The summed E-state index contributed by atoms with van der Waals surface area (Å²) < 4.78 is 4.83. The van der Waals surface area contributed by atoms with Crippen molar-refractivity contribution in [2.24, 2.45) is 0 Å². The third-order valence-electron chi connectivity index (χ3n) is 2.21. The highest BCUT2D eigenvalue weighted by molar-refractivity contribution is 7.15. The third kappa shape index (κ3) is 3.35. The number of aryl methyl sites for hydroxylation is 1. The second-order valence-corrected chi connectivity index (χ2v) is 4.89. The Hall–Kier alpha value is -2.35. The number of ether oxygens (including phenoxy) is 1. The molecule has 0 radical (unpaired) electrons. The maximum absolute atomic E-state index is 12.0. The molecule has 0 spiro atoms. The third-order valence-corrected chi connectivity index (χ3v) is 2.97. The predicted molar refractivity (Wildman–Crippen MR) is 72.8 cm³/mol. The zero-order valence-corrected chi connectivity index (χ0v) is 11.7. The Morgan fingerprint density at radius 3 is 2.70 bits per heavy atom. The molecule has 2 heterocycles. The summed E-state index contributed by atoms with van der Waals surface area (Å²) in [7, 11) is 0. The van der Waals surface area contributed by atoms with Crippen LogP contribution < -0.4 is 5.32 Å². The fourth-order valence-electron chi connectivity index (χ4n) is 1.39. The van der Waals surface area contributed by atoms with E-state index in [-0.39, 0.29) is 18.0 Å². The van der Waals surface area contributed by atoms with Crippen molar-refractivity contribution in [3.05, 3.63) is 34.6 Å². The number of anilines is 1. The van der Waals surface area contributed by atoms with Gasteiger partial charge in [-0.15, -0.1) is 10.2 Å². The SMILES string of the molecule is CCOC(=O)c1cccc(C(=O)Nc2nnc(C)s2)n1. The average Bonchev–Trinajstić information content (AvgIpc) is 2.84. The molecule has 0 saturated carbocycles. The van der Waals surface area contributed by atoms with Gasteiger partial charge in [-0.05, 0) is 26.0 Å². The molecule has 0 fully saturated rings. The van der Waals surface area contributed by atoms with Crippen LogP contribution in [0.2, 0.25) is 0 Å². The lowest BCUT2D eigenvalue weighted by Crippen LogP contribution is -2.16. The summed E-state index contributed by atoms with van der Waals surface area (Å²) in [5.41, 5.74) is 0.205. The van der Waals surface area contributed by atoms with Crippen LogP contribution in [-0.2, 0) is 4.74 Å². The van der Waals surface area contributed by atoms with Crippen LogP contribution in [0.4, 0.5) is 5.13 Å². The Morgan fingerprint density at radius 2 is 2.05 bits per heavy atom. The molecule has 0 atom stereocenters. The summed E-state index contributed by atoms with van der Waals surface area (Å²) in [6, 6.07) is 4.56. The molecule has 0 aromatic carbocycles. The van der Waals surface area contributed by atoms with Gasteiger partial charge in [0.25, 0.3) is 5.91 Å². The van der Waals surface area contributed by atoms with E-state index in [1.54, 1.807) is 19.9 Å². The Balaban J connectivity index is 2.14. The zero-order valence-electron chi connectivity index (χ0n) is 10.9. The molecule has 0 aliphatic carbocycles. The van der Waals surface area contributed by atoms with Crippen molar-refractivity contribution in [3.8, 4) is 0 Å². The van der Waals surface area contributed by atoms with Crippen LogP contribution in [-0.4, -0.2) is 33.7 Å². The number of esters is 1. The van der Waals surface area contributed by atoms with E-state index in [9.17, 15) is 9.59 Å². The van der Waals surface area contributed by atoms with Crippen molar-refractivity contribution < 1.29 is 14.3 Å². The quantitative estimate of drug-likeness (QED) is 0.861. The van der Waals surface area contributed by atoms with Gasteiger partial charge >= 0.3 is 5.97 Å².